The molecule has 1 atom stereocenters. The molecule has 2 aromatic rings. The van der Waals surface area contributed by atoms with Crippen LogP contribution in [-0.2, 0) is 21.2 Å². The second kappa shape index (κ2) is 11.3. The van der Waals surface area contributed by atoms with E-state index in [0.29, 0.717) is 27.1 Å². The third-order valence-electron chi connectivity index (χ3n) is 6.01. The van der Waals surface area contributed by atoms with Gasteiger partial charge in [0.25, 0.3) is 5.91 Å². The molecule has 0 saturated heterocycles. The Kier molecular flexibility index (Phi) is 8.65. The number of rotatable bonds is 9. The summed E-state index contributed by atoms with van der Waals surface area (Å²) in [6.07, 6.45) is 0.917. The summed E-state index contributed by atoms with van der Waals surface area (Å²) in [5, 5.41) is 5.27. The number of sulfonamides is 1. The number of urea groups is 1. The number of ether oxygens (including phenoxy) is 2. The van der Waals surface area contributed by atoms with Gasteiger partial charge in [0, 0.05) is 29.5 Å². The topological polar surface area (TPSA) is 123 Å². The largest absolute Gasteiger partial charge is 0.496 e. The maximum absolute atomic E-state index is 13.6. The highest BCUT2D eigenvalue weighted by Crippen LogP contribution is 2.45. The Morgan fingerprint density at radius 3 is 2.60 bits per heavy atom. The van der Waals surface area contributed by atoms with E-state index in [-0.39, 0.29) is 32.5 Å². The summed E-state index contributed by atoms with van der Waals surface area (Å²) in [6, 6.07) is 9.68. The minimum Gasteiger partial charge on any atom is -0.496 e. The molecule has 1 aliphatic heterocycles. The molecular formula is C24H30BrN3O6S. The lowest BCUT2D eigenvalue weighted by atomic mass is 9.88. The number of hydrogen-bond donors (Lipinski definition) is 3. The molecular weight excluding hydrogens is 538 g/mol. The van der Waals surface area contributed by atoms with E-state index in [1.54, 1.807) is 31.2 Å². The standard InChI is InChI=1S/C24H30BrN3O6S/c1-4-16-6-8-19-21(14-16)34-13-11-24(19,35(31,32)28-23(30)26-5-2)10-12-27-22(29)18-15-17(25)7-9-20(18)33-3/h6-9,14-15H,4-5,10-13H2,1-3H3,(H,27,29)(H2,26,28,30). The van der Waals surface area contributed by atoms with Gasteiger partial charge < -0.3 is 20.1 Å². The highest BCUT2D eigenvalue weighted by molar-refractivity contribution is 9.10. The molecule has 3 N–H and O–H groups in total. The third kappa shape index (κ3) is 5.72. The Hall–Kier alpha value is -2.79. The van der Waals surface area contributed by atoms with Crippen LogP contribution >= 0.6 is 15.9 Å². The zero-order chi connectivity index (χ0) is 25.6. The zero-order valence-electron chi connectivity index (χ0n) is 19.9. The Morgan fingerprint density at radius 2 is 1.91 bits per heavy atom. The second-order valence-corrected chi connectivity index (χ2v) is 11.0. The fourth-order valence-corrected chi connectivity index (χ4v) is 6.22. The fourth-order valence-electron chi connectivity index (χ4n) is 4.16. The van der Waals surface area contributed by atoms with Crippen molar-refractivity contribution in [1.82, 2.24) is 15.4 Å². The average molecular weight is 568 g/mol. The predicted octanol–water partition coefficient (Wildman–Crippen LogP) is 3.47. The molecule has 2 aromatic carbocycles. The lowest BCUT2D eigenvalue weighted by molar-refractivity contribution is 0.0947. The van der Waals surface area contributed by atoms with E-state index in [0.717, 1.165) is 12.0 Å². The van der Waals surface area contributed by atoms with Crippen molar-refractivity contribution in [2.24, 2.45) is 0 Å². The maximum atomic E-state index is 13.6. The number of halogens is 1. The summed E-state index contributed by atoms with van der Waals surface area (Å²) < 4.78 is 39.7. The van der Waals surface area contributed by atoms with Crippen molar-refractivity contribution in [2.45, 2.75) is 37.9 Å². The number of hydrogen-bond acceptors (Lipinski definition) is 6. The van der Waals surface area contributed by atoms with Gasteiger partial charge in [-0.25, -0.2) is 17.9 Å². The molecule has 3 amide bonds. The predicted molar refractivity (Wildman–Crippen MR) is 136 cm³/mol. The van der Waals surface area contributed by atoms with Crippen molar-refractivity contribution in [3.63, 3.8) is 0 Å². The molecule has 0 radical (unpaired) electrons. The van der Waals surface area contributed by atoms with Gasteiger partial charge in [-0.15, -0.1) is 0 Å². The molecule has 1 aliphatic rings. The normalized spacial score (nSPS) is 17.0. The molecule has 35 heavy (non-hydrogen) atoms. The molecule has 1 unspecified atom stereocenters. The van der Waals surface area contributed by atoms with E-state index >= 15 is 0 Å². The summed E-state index contributed by atoms with van der Waals surface area (Å²) in [4.78, 5) is 25.1. The van der Waals surface area contributed by atoms with Gasteiger partial charge in [-0.05, 0) is 49.6 Å². The van der Waals surface area contributed by atoms with Crippen molar-refractivity contribution >= 4 is 37.9 Å². The van der Waals surface area contributed by atoms with Crippen LogP contribution in [0.5, 0.6) is 11.5 Å². The van der Waals surface area contributed by atoms with Gasteiger partial charge in [-0.3, -0.25) is 4.79 Å². The van der Waals surface area contributed by atoms with E-state index in [4.69, 9.17) is 9.47 Å². The summed E-state index contributed by atoms with van der Waals surface area (Å²) in [6.45, 7) is 4.17. The highest BCUT2D eigenvalue weighted by Gasteiger charge is 2.49. The van der Waals surface area contributed by atoms with Crippen LogP contribution < -0.4 is 24.8 Å². The van der Waals surface area contributed by atoms with Crippen LogP contribution in [-0.4, -0.2) is 47.2 Å². The summed E-state index contributed by atoms with van der Waals surface area (Å²) in [7, 11) is -2.74. The van der Waals surface area contributed by atoms with Crippen molar-refractivity contribution in [1.29, 1.82) is 0 Å². The maximum Gasteiger partial charge on any atom is 0.328 e. The number of carbonyl (C=O) groups excluding carboxylic acids is 2. The minimum atomic E-state index is -4.21. The summed E-state index contributed by atoms with van der Waals surface area (Å²) in [5.41, 5.74) is 1.79. The van der Waals surface area contributed by atoms with Gasteiger partial charge >= 0.3 is 6.03 Å². The Bertz CT molecular complexity index is 1200. The smallest absolute Gasteiger partial charge is 0.328 e. The number of amides is 3. The molecule has 0 bridgehead atoms. The highest BCUT2D eigenvalue weighted by atomic mass is 79.9. The molecule has 9 nitrogen and oxygen atoms in total. The first kappa shape index (κ1) is 26.8. The first-order valence-corrected chi connectivity index (χ1v) is 13.6. The molecule has 0 fully saturated rings. The molecule has 0 spiro atoms. The van der Waals surface area contributed by atoms with Crippen LogP contribution in [0.2, 0.25) is 0 Å². The van der Waals surface area contributed by atoms with E-state index < -0.39 is 26.7 Å². The number of carbonyl (C=O) groups is 2. The average Bonchev–Trinajstić information content (AvgIpc) is 2.83. The minimum absolute atomic E-state index is 0.0334. The van der Waals surface area contributed by atoms with Crippen LogP contribution in [0.3, 0.4) is 0 Å². The number of nitrogens with one attached hydrogen (secondary N) is 3. The Balaban J connectivity index is 1.93. The molecule has 11 heteroatoms. The quantitative estimate of drug-likeness (QED) is 0.426. The van der Waals surface area contributed by atoms with Crippen LogP contribution in [0.1, 0.15) is 48.2 Å². The molecule has 0 aliphatic carbocycles. The lowest BCUT2D eigenvalue weighted by Gasteiger charge is -2.38. The van der Waals surface area contributed by atoms with Gasteiger partial charge in [-0.2, -0.15) is 0 Å². The summed E-state index contributed by atoms with van der Waals surface area (Å²) in [5.74, 6) is 0.465. The van der Waals surface area contributed by atoms with Gasteiger partial charge in [0.2, 0.25) is 10.0 Å². The van der Waals surface area contributed by atoms with Crippen LogP contribution in [0.4, 0.5) is 4.79 Å². The van der Waals surface area contributed by atoms with Crippen LogP contribution in [0.15, 0.2) is 40.9 Å². The van der Waals surface area contributed by atoms with E-state index in [1.807, 2.05) is 19.1 Å². The first-order chi connectivity index (χ1) is 16.7. The van der Waals surface area contributed by atoms with Gasteiger partial charge in [0.15, 0.2) is 0 Å². The van der Waals surface area contributed by atoms with Crippen LogP contribution in [0.25, 0.3) is 0 Å². The van der Waals surface area contributed by atoms with Crippen molar-refractivity contribution in [2.75, 3.05) is 26.8 Å². The van der Waals surface area contributed by atoms with E-state index in [9.17, 15) is 18.0 Å². The molecule has 190 valence electrons. The molecule has 1 heterocycles. The fraction of sp³-hybridized carbons (Fsp3) is 0.417. The van der Waals surface area contributed by atoms with Crippen molar-refractivity contribution in [3.8, 4) is 11.5 Å². The molecule has 3 rings (SSSR count). The van der Waals surface area contributed by atoms with E-state index in [1.165, 1.54) is 7.11 Å². The van der Waals surface area contributed by atoms with Crippen molar-refractivity contribution < 1.29 is 27.5 Å². The second-order valence-electron chi connectivity index (χ2n) is 8.09. The van der Waals surface area contributed by atoms with E-state index in [2.05, 4.69) is 31.3 Å². The number of benzene rings is 2. The zero-order valence-corrected chi connectivity index (χ0v) is 22.3. The number of fused-ring (bicyclic) bond motifs is 1. The third-order valence-corrected chi connectivity index (χ3v) is 8.61. The lowest BCUT2D eigenvalue weighted by Crippen LogP contribution is -2.52. The Morgan fingerprint density at radius 1 is 1.14 bits per heavy atom. The monoisotopic (exact) mass is 567 g/mol. The van der Waals surface area contributed by atoms with Gasteiger partial charge in [-0.1, -0.05) is 35.0 Å². The summed E-state index contributed by atoms with van der Waals surface area (Å²) >= 11 is 3.35. The van der Waals surface area contributed by atoms with Gasteiger partial charge in [0.05, 0.1) is 19.3 Å². The number of methoxy groups -OCH3 is 1. The Labute approximate surface area is 214 Å². The van der Waals surface area contributed by atoms with Crippen molar-refractivity contribution in [3.05, 3.63) is 57.6 Å². The van der Waals surface area contributed by atoms with Gasteiger partial charge in [0.1, 0.15) is 16.2 Å². The van der Waals surface area contributed by atoms with Crippen LogP contribution in [0, 0.1) is 0 Å². The first-order valence-electron chi connectivity index (χ1n) is 11.4. The SMILES string of the molecule is CCNC(=O)NS(=O)(=O)C1(CCNC(=O)c2cc(Br)ccc2OC)CCOc2cc(CC)ccc21. The molecule has 0 saturated carbocycles. The number of aryl methyl sites for hydroxylation is 1. The molecule has 0 aromatic heterocycles.